The van der Waals surface area contributed by atoms with Crippen LogP contribution in [0.2, 0.25) is 0 Å². The van der Waals surface area contributed by atoms with Gasteiger partial charge in [-0.05, 0) is 24.3 Å². The zero-order chi connectivity index (χ0) is 15.1. The van der Waals surface area contributed by atoms with Crippen molar-refractivity contribution in [3.63, 3.8) is 0 Å². The number of hydrogen-bond donors (Lipinski definition) is 1. The normalized spacial score (nSPS) is 11.3. The molecule has 0 spiro atoms. The summed E-state index contributed by atoms with van der Waals surface area (Å²) in [6.45, 7) is 0.360. The Kier molecular flexibility index (Phi) is 2.79. The molecular formula is C17H14N2O3. The van der Waals surface area contributed by atoms with E-state index in [1.807, 2.05) is 41.9 Å². The van der Waals surface area contributed by atoms with Gasteiger partial charge in [0.2, 0.25) is 0 Å². The lowest BCUT2D eigenvalue weighted by molar-refractivity contribution is 0.0940. The summed E-state index contributed by atoms with van der Waals surface area (Å²) < 4.78 is 12.9. The van der Waals surface area contributed by atoms with Crippen LogP contribution in [-0.2, 0) is 13.6 Å². The lowest BCUT2D eigenvalue weighted by Gasteiger charge is -2.05. The zero-order valence-electron chi connectivity index (χ0n) is 12.0. The number of hydrogen-bond acceptors (Lipinski definition) is 3. The second-order valence-corrected chi connectivity index (χ2v) is 5.16. The maximum atomic E-state index is 12.3. The van der Waals surface area contributed by atoms with E-state index >= 15 is 0 Å². The minimum Gasteiger partial charge on any atom is -0.467 e. The molecule has 0 saturated heterocycles. The first-order valence-corrected chi connectivity index (χ1v) is 7.01. The maximum absolute atomic E-state index is 12.3. The lowest BCUT2D eigenvalue weighted by atomic mass is 10.2. The van der Waals surface area contributed by atoms with Gasteiger partial charge in [0.25, 0.3) is 5.91 Å². The van der Waals surface area contributed by atoms with Crippen LogP contribution in [-0.4, -0.2) is 10.5 Å². The van der Waals surface area contributed by atoms with Crippen molar-refractivity contribution in [3.05, 3.63) is 60.2 Å². The van der Waals surface area contributed by atoms with E-state index in [2.05, 4.69) is 5.32 Å². The highest BCUT2D eigenvalue weighted by Gasteiger charge is 2.18. The van der Waals surface area contributed by atoms with Gasteiger partial charge in [-0.1, -0.05) is 12.1 Å². The molecule has 3 aromatic heterocycles. The Hall–Kier alpha value is -2.95. The van der Waals surface area contributed by atoms with E-state index in [0.717, 1.165) is 22.2 Å². The highest BCUT2D eigenvalue weighted by Crippen LogP contribution is 2.30. The van der Waals surface area contributed by atoms with Crippen molar-refractivity contribution in [1.82, 2.24) is 9.88 Å². The molecule has 0 atom stereocenters. The molecule has 1 amide bonds. The smallest absolute Gasteiger partial charge is 0.268 e. The number of furan rings is 2. The molecule has 3 heterocycles. The second kappa shape index (κ2) is 4.80. The standard InChI is InChI=1S/C17H14N2O3/c1-19-13(17(20)18-10-11-5-4-8-21-11)9-15-16(19)12-6-2-3-7-14(12)22-15/h2-9H,10H2,1H3,(H,18,20). The van der Waals surface area contributed by atoms with E-state index in [1.54, 1.807) is 18.4 Å². The van der Waals surface area contributed by atoms with Gasteiger partial charge in [0, 0.05) is 18.5 Å². The van der Waals surface area contributed by atoms with Gasteiger partial charge in [0.05, 0.1) is 18.3 Å². The average molecular weight is 294 g/mol. The molecule has 0 bridgehead atoms. The fourth-order valence-electron chi connectivity index (χ4n) is 2.73. The number of nitrogens with zero attached hydrogens (tertiary/aromatic N) is 1. The summed E-state index contributed by atoms with van der Waals surface area (Å²) in [7, 11) is 1.87. The summed E-state index contributed by atoms with van der Waals surface area (Å²) in [5.74, 6) is 0.561. The van der Waals surface area contributed by atoms with E-state index in [9.17, 15) is 4.79 Å². The van der Waals surface area contributed by atoms with Gasteiger partial charge in [0.15, 0.2) is 5.58 Å². The van der Waals surface area contributed by atoms with Crippen LogP contribution in [0.4, 0.5) is 0 Å². The van der Waals surface area contributed by atoms with Crippen LogP contribution >= 0.6 is 0 Å². The molecule has 0 aliphatic rings. The number of aromatic nitrogens is 1. The summed E-state index contributed by atoms with van der Waals surface area (Å²) in [4.78, 5) is 12.3. The van der Waals surface area contributed by atoms with Gasteiger partial charge in [-0.15, -0.1) is 0 Å². The fraction of sp³-hybridized carbons (Fsp3) is 0.118. The number of fused-ring (bicyclic) bond motifs is 3. The number of carbonyl (C=O) groups is 1. The number of carbonyl (C=O) groups excluding carboxylic acids is 1. The minimum absolute atomic E-state index is 0.158. The first-order valence-electron chi connectivity index (χ1n) is 7.01. The monoisotopic (exact) mass is 294 g/mol. The first-order chi connectivity index (χ1) is 10.7. The Morgan fingerprint density at radius 3 is 2.86 bits per heavy atom. The second-order valence-electron chi connectivity index (χ2n) is 5.16. The maximum Gasteiger partial charge on any atom is 0.268 e. The van der Waals surface area contributed by atoms with Crippen molar-refractivity contribution in [3.8, 4) is 0 Å². The molecule has 0 saturated carbocycles. The Bertz CT molecular complexity index is 961. The van der Waals surface area contributed by atoms with Gasteiger partial charge < -0.3 is 18.7 Å². The molecule has 1 N–H and O–H groups in total. The zero-order valence-corrected chi connectivity index (χ0v) is 12.0. The number of para-hydroxylation sites is 1. The molecule has 5 heteroatoms. The molecular weight excluding hydrogens is 280 g/mol. The number of rotatable bonds is 3. The SMILES string of the molecule is Cn1c(C(=O)NCc2ccco2)cc2oc3ccccc3c21. The Morgan fingerprint density at radius 1 is 1.18 bits per heavy atom. The van der Waals surface area contributed by atoms with Crippen LogP contribution in [0.3, 0.4) is 0 Å². The minimum atomic E-state index is -0.158. The number of amides is 1. The van der Waals surface area contributed by atoms with E-state index in [0.29, 0.717) is 17.8 Å². The number of aryl methyl sites for hydroxylation is 1. The summed E-state index contributed by atoms with van der Waals surface area (Å²) >= 11 is 0. The van der Waals surface area contributed by atoms with E-state index < -0.39 is 0 Å². The van der Waals surface area contributed by atoms with Crippen molar-refractivity contribution in [2.24, 2.45) is 7.05 Å². The van der Waals surface area contributed by atoms with Gasteiger partial charge >= 0.3 is 0 Å². The largest absolute Gasteiger partial charge is 0.467 e. The molecule has 110 valence electrons. The molecule has 22 heavy (non-hydrogen) atoms. The predicted molar refractivity (Wildman–Crippen MR) is 82.6 cm³/mol. The van der Waals surface area contributed by atoms with Crippen LogP contribution in [0.15, 0.2) is 57.6 Å². The van der Waals surface area contributed by atoms with E-state index in [-0.39, 0.29) is 5.91 Å². The third kappa shape index (κ3) is 1.90. The third-order valence-electron chi connectivity index (χ3n) is 3.80. The Morgan fingerprint density at radius 2 is 2.05 bits per heavy atom. The van der Waals surface area contributed by atoms with Crippen molar-refractivity contribution >= 4 is 28.0 Å². The molecule has 4 rings (SSSR count). The predicted octanol–water partition coefficient (Wildman–Crippen LogP) is 3.45. The van der Waals surface area contributed by atoms with Crippen molar-refractivity contribution < 1.29 is 13.6 Å². The Labute approximate surface area is 126 Å². The highest BCUT2D eigenvalue weighted by molar-refractivity contribution is 6.07. The summed E-state index contributed by atoms with van der Waals surface area (Å²) in [6.07, 6.45) is 1.59. The number of nitrogens with one attached hydrogen (secondary N) is 1. The molecule has 0 aliphatic heterocycles. The van der Waals surface area contributed by atoms with E-state index in [4.69, 9.17) is 8.83 Å². The van der Waals surface area contributed by atoms with Crippen LogP contribution in [0, 0.1) is 0 Å². The fourth-order valence-corrected chi connectivity index (χ4v) is 2.73. The average Bonchev–Trinajstić information content (AvgIpc) is 3.21. The lowest BCUT2D eigenvalue weighted by Crippen LogP contribution is -2.24. The topological polar surface area (TPSA) is 60.3 Å². The molecule has 0 fully saturated rings. The molecule has 0 aliphatic carbocycles. The van der Waals surface area contributed by atoms with Gasteiger partial charge in [-0.25, -0.2) is 0 Å². The molecule has 5 nitrogen and oxygen atoms in total. The van der Waals surface area contributed by atoms with Gasteiger partial charge in [0.1, 0.15) is 17.0 Å². The summed E-state index contributed by atoms with van der Waals surface area (Å²) in [6, 6.07) is 13.2. The Balaban J connectivity index is 1.69. The summed E-state index contributed by atoms with van der Waals surface area (Å²) in [5.41, 5.74) is 3.03. The first kappa shape index (κ1) is 12.8. The van der Waals surface area contributed by atoms with Crippen LogP contribution in [0.1, 0.15) is 16.2 Å². The van der Waals surface area contributed by atoms with Crippen LogP contribution in [0.25, 0.3) is 22.1 Å². The summed E-state index contributed by atoms with van der Waals surface area (Å²) in [5, 5.41) is 3.85. The quantitative estimate of drug-likeness (QED) is 0.629. The van der Waals surface area contributed by atoms with Gasteiger partial charge in [-0.2, -0.15) is 0 Å². The molecule has 4 aromatic rings. The number of benzene rings is 1. The van der Waals surface area contributed by atoms with Crippen molar-refractivity contribution in [2.45, 2.75) is 6.54 Å². The van der Waals surface area contributed by atoms with Crippen LogP contribution < -0.4 is 5.32 Å². The molecule has 0 radical (unpaired) electrons. The third-order valence-corrected chi connectivity index (χ3v) is 3.80. The molecule has 0 unspecified atom stereocenters. The van der Waals surface area contributed by atoms with Gasteiger partial charge in [-0.3, -0.25) is 4.79 Å². The van der Waals surface area contributed by atoms with Crippen molar-refractivity contribution in [2.75, 3.05) is 0 Å². The van der Waals surface area contributed by atoms with E-state index in [1.165, 1.54) is 0 Å². The van der Waals surface area contributed by atoms with Crippen LogP contribution in [0.5, 0.6) is 0 Å². The highest BCUT2D eigenvalue weighted by atomic mass is 16.3. The van der Waals surface area contributed by atoms with Crippen molar-refractivity contribution in [1.29, 1.82) is 0 Å². The molecule has 1 aromatic carbocycles.